The van der Waals surface area contributed by atoms with Gasteiger partial charge in [0.15, 0.2) is 0 Å². The number of urea groups is 1. The van der Waals surface area contributed by atoms with E-state index in [1.54, 1.807) is 11.3 Å². The minimum atomic E-state index is -0.688. The number of carbonyl (C=O) groups excluding carboxylic acids is 1. The van der Waals surface area contributed by atoms with Crippen molar-refractivity contribution in [3.8, 4) is 0 Å². The highest BCUT2D eigenvalue weighted by atomic mass is 32.1. The lowest BCUT2D eigenvalue weighted by molar-refractivity contribution is -0.0287. The predicted molar refractivity (Wildman–Crippen MR) is 77.6 cm³/mol. The van der Waals surface area contributed by atoms with Gasteiger partial charge < -0.3 is 15.7 Å². The number of nitrogens with one attached hydrogen (secondary N) is 2. The highest BCUT2D eigenvalue weighted by Gasteiger charge is 2.34. The Balaban J connectivity index is 1.64. The summed E-state index contributed by atoms with van der Waals surface area (Å²) in [5, 5.41) is 18.6. The number of carbonyl (C=O) groups is 1. The maximum Gasteiger partial charge on any atom is 0.319 e. The van der Waals surface area contributed by atoms with Gasteiger partial charge in [-0.25, -0.2) is 4.79 Å². The van der Waals surface area contributed by atoms with Crippen LogP contribution in [0.3, 0.4) is 0 Å². The Morgan fingerprint density at radius 1 is 1.37 bits per heavy atom. The van der Waals surface area contributed by atoms with E-state index in [1.165, 1.54) is 0 Å². The van der Waals surface area contributed by atoms with E-state index in [0.29, 0.717) is 6.54 Å². The van der Waals surface area contributed by atoms with E-state index in [4.69, 9.17) is 0 Å². The first-order valence-corrected chi connectivity index (χ1v) is 7.28. The van der Waals surface area contributed by atoms with Crippen molar-refractivity contribution >= 4 is 33.1 Å². The second-order valence-corrected chi connectivity index (χ2v) is 5.95. The fourth-order valence-electron chi connectivity index (χ4n) is 2.26. The van der Waals surface area contributed by atoms with Gasteiger partial charge in [0, 0.05) is 6.54 Å². The molecule has 100 valence electrons. The molecule has 3 rings (SSSR count). The van der Waals surface area contributed by atoms with Gasteiger partial charge in [-0.15, -0.1) is 11.3 Å². The Kier molecular flexibility index (Phi) is 3.16. The van der Waals surface area contributed by atoms with Crippen LogP contribution >= 0.6 is 11.3 Å². The summed E-state index contributed by atoms with van der Waals surface area (Å²) in [6.07, 6.45) is 2.58. The molecule has 0 aliphatic heterocycles. The molecule has 1 aromatic carbocycles. The van der Waals surface area contributed by atoms with Crippen molar-refractivity contribution in [1.29, 1.82) is 0 Å². The summed E-state index contributed by atoms with van der Waals surface area (Å²) in [5.74, 6) is 0. The lowest BCUT2D eigenvalue weighted by Gasteiger charge is -2.36. The normalized spacial score (nSPS) is 16.9. The van der Waals surface area contributed by atoms with Gasteiger partial charge in [0.2, 0.25) is 0 Å². The van der Waals surface area contributed by atoms with Crippen LogP contribution in [0.5, 0.6) is 0 Å². The standard InChI is InChI=1S/C14H16N2O2S/c17-13(15-9-14(18)6-2-7-14)16-11-4-1-3-10-5-8-19-12(10)11/h1,3-5,8,18H,2,6-7,9H2,(H2,15,16,17). The number of thiophene rings is 1. The molecule has 4 nitrogen and oxygen atoms in total. The van der Waals surface area contributed by atoms with Crippen molar-refractivity contribution in [2.24, 2.45) is 0 Å². The average molecular weight is 276 g/mol. The molecule has 3 N–H and O–H groups in total. The molecule has 5 heteroatoms. The Labute approximate surface area is 115 Å². The number of amides is 2. The summed E-state index contributed by atoms with van der Waals surface area (Å²) in [6.45, 7) is 0.319. The minimum absolute atomic E-state index is 0.263. The van der Waals surface area contributed by atoms with Crippen LogP contribution in [0.2, 0.25) is 0 Å². The first-order chi connectivity index (χ1) is 9.16. The maximum absolute atomic E-state index is 11.8. The molecule has 1 aliphatic rings. The predicted octanol–water partition coefficient (Wildman–Crippen LogP) is 2.94. The van der Waals surface area contributed by atoms with Gasteiger partial charge in [0.25, 0.3) is 0 Å². The second-order valence-electron chi connectivity index (χ2n) is 5.03. The van der Waals surface area contributed by atoms with Gasteiger partial charge in [0.05, 0.1) is 16.0 Å². The molecular formula is C14H16N2O2S. The van der Waals surface area contributed by atoms with Crippen LogP contribution in [0.25, 0.3) is 10.1 Å². The summed E-state index contributed by atoms with van der Waals surface area (Å²) in [6, 6.07) is 7.59. The monoisotopic (exact) mass is 276 g/mol. The molecule has 1 aromatic heterocycles. The SMILES string of the molecule is O=C(NCC1(O)CCC1)Nc1cccc2ccsc12. The van der Waals surface area contributed by atoms with E-state index in [9.17, 15) is 9.90 Å². The van der Waals surface area contributed by atoms with Gasteiger partial charge in [-0.3, -0.25) is 0 Å². The summed E-state index contributed by atoms with van der Waals surface area (Å²) in [5.41, 5.74) is 0.123. The number of hydrogen-bond donors (Lipinski definition) is 3. The first kappa shape index (κ1) is 12.4. The van der Waals surface area contributed by atoms with Crippen molar-refractivity contribution < 1.29 is 9.90 Å². The van der Waals surface area contributed by atoms with E-state index in [2.05, 4.69) is 10.6 Å². The maximum atomic E-state index is 11.8. The van der Waals surface area contributed by atoms with Crippen molar-refractivity contribution in [2.75, 3.05) is 11.9 Å². The summed E-state index contributed by atoms with van der Waals surface area (Å²) < 4.78 is 1.07. The zero-order valence-electron chi connectivity index (χ0n) is 10.5. The van der Waals surface area contributed by atoms with Crippen molar-refractivity contribution in [3.63, 3.8) is 0 Å². The van der Waals surface area contributed by atoms with Crippen LogP contribution in [0, 0.1) is 0 Å². The molecule has 1 aliphatic carbocycles. The molecule has 2 amide bonds. The third kappa shape index (κ3) is 2.57. The zero-order chi connectivity index (χ0) is 13.3. The van der Waals surface area contributed by atoms with E-state index in [-0.39, 0.29) is 6.03 Å². The van der Waals surface area contributed by atoms with Crippen LogP contribution in [-0.2, 0) is 0 Å². The molecule has 0 unspecified atom stereocenters. The molecule has 2 aromatic rings. The summed E-state index contributed by atoms with van der Waals surface area (Å²) in [7, 11) is 0. The molecule has 0 spiro atoms. The third-order valence-electron chi connectivity index (χ3n) is 3.59. The van der Waals surface area contributed by atoms with Crippen molar-refractivity contribution in [2.45, 2.75) is 24.9 Å². The lowest BCUT2D eigenvalue weighted by Crippen LogP contribution is -2.48. The average Bonchev–Trinajstić information content (AvgIpc) is 2.83. The van der Waals surface area contributed by atoms with E-state index < -0.39 is 5.60 Å². The van der Waals surface area contributed by atoms with Gasteiger partial charge in [-0.1, -0.05) is 12.1 Å². The fourth-order valence-corrected chi connectivity index (χ4v) is 3.13. The molecule has 0 bridgehead atoms. The molecular weight excluding hydrogens is 260 g/mol. The zero-order valence-corrected chi connectivity index (χ0v) is 11.3. The number of benzene rings is 1. The number of anilines is 1. The Morgan fingerprint density at radius 2 is 2.21 bits per heavy atom. The Hall–Kier alpha value is -1.59. The molecule has 1 saturated carbocycles. The number of fused-ring (bicyclic) bond motifs is 1. The molecule has 1 heterocycles. The van der Waals surface area contributed by atoms with Crippen LogP contribution in [0.4, 0.5) is 10.5 Å². The van der Waals surface area contributed by atoms with Crippen molar-refractivity contribution in [3.05, 3.63) is 29.6 Å². The smallest absolute Gasteiger partial charge is 0.319 e. The van der Waals surface area contributed by atoms with Gasteiger partial charge in [0.1, 0.15) is 0 Å². The number of aliphatic hydroxyl groups is 1. The second kappa shape index (κ2) is 4.83. The van der Waals surface area contributed by atoms with Gasteiger partial charge >= 0.3 is 6.03 Å². The summed E-state index contributed by atoms with van der Waals surface area (Å²) in [4.78, 5) is 11.8. The highest BCUT2D eigenvalue weighted by molar-refractivity contribution is 7.17. The number of hydrogen-bond acceptors (Lipinski definition) is 3. The summed E-state index contributed by atoms with van der Waals surface area (Å²) >= 11 is 1.60. The van der Waals surface area contributed by atoms with Crippen LogP contribution in [0.15, 0.2) is 29.6 Å². The van der Waals surface area contributed by atoms with Crippen LogP contribution in [0.1, 0.15) is 19.3 Å². The molecule has 0 radical (unpaired) electrons. The largest absolute Gasteiger partial charge is 0.388 e. The van der Waals surface area contributed by atoms with E-state index in [1.807, 2.05) is 29.6 Å². The Morgan fingerprint density at radius 3 is 2.95 bits per heavy atom. The third-order valence-corrected chi connectivity index (χ3v) is 4.55. The van der Waals surface area contributed by atoms with Crippen molar-refractivity contribution in [1.82, 2.24) is 5.32 Å². The molecule has 0 saturated heterocycles. The van der Waals surface area contributed by atoms with Gasteiger partial charge in [-0.2, -0.15) is 0 Å². The van der Waals surface area contributed by atoms with Crippen LogP contribution in [-0.4, -0.2) is 23.3 Å². The molecule has 0 atom stereocenters. The molecule has 19 heavy (non-hydrogen) atoms. The minimum Gasteiger partial charge on any atom is -0.388 e. The first-order valence-electron chi connectivity index (χ1n) is 6.40. The quantitative estimate of drug-likeness (QED) is 0.807. The Bertz CT molecular complexity index is 604. The van der Waals surface area contributed by atoms with Gasteiger partial charge in [-0.05, 0) is 42.2 Å². The molecule has 1 fully saturated rings. The number of rotatable bonds is 3. The topological polar surface area (TPSA) is 61.4 Å². The van der Waals surface area contributed by atoms with E-state index in [0.717, 1.165) is 35.0 Å². The van der Waals surface area contributed by atoms with E-state index >= 15 is 0 Å². The highest BCUT2D eigenvalue weighted by Crippen LogP contribution is 2.31. The lowest BCUT2D eigenvalue weighted by atomic mass is 9.80. The fraction of sp³-hybridized carbons (Fsp3) is 0.357. The van der Waals surface area contributed by atoms with Crippen LogP contribution < -0.4 is 10.6 Å².